The number of aryl methyl sites for hydroxylation is 2. The van der Waals surface area contributed by atoms with Crippen LogP contribution in [0.25, 0.3) is 11.4 Å². The molecule has 0 bridgehead atoms. The lowest BCUT2D eigenvalue weighted by Crippen LogP contribution is -2.17. The molecule has 0 atom stereocenters. The molecule has 0 aliphatic rings. The number of nitrogens with one attached hydrogen (secondary N) is 1. The Hall–Kier alpha value is -2.17. The standard InChI is InChI=1S/C14H17N3O2/c1-10-5-3-6-11(9-10)14-16-13(19-17-14)8-4-7-12(18)15-2/h3,5-6,9H,4,7-8H2,1-2H3,(H,15,18). The maximum Gasteiger partial charge on any atom is 0.226 e. The zero-order valence-electron chi connectivity index (χ0n) is 11.1. The SMILES string of the molecule is CNC(=O)CCCc1nc(-c2cccc(C)c2)no1. The fourth-order valence-corrected chi connectivity index (χ4v) is 1.78. The first kappa shape index (κ1) is 13.3. The van der Waals surface area contributed by atoms with E-state index >= 15 is 0 Å². The number of benzene rings is 1. The summed E-state index contributed by atoms with van der Waals surface area (Å²) in [5, 5.41) is 6.54. The van der Waals surface area contributed by atoms with Gasteiger partial charge in [0.2, 0.25) is 17.6 Å². The Kier molecular flexibility index (Phi) is 4.28. The first-order valence-corrected chi connectivity index (χ1v) is 6.29. The van der Waals surface area contributed by atoms with Crippen molar-refractivity contribution in [2.45, 2.75) is 26.2 Å². The molecular weight excluding hydrogens is 242 g/mol. The van der Waals surface area contributed by atoms with Gasteiger partial charge in [0.25, 0.3) is 0 Å². The Morgan fingerprint density at radius 2 is 2.26 bits per heavy atom. The molecular formula is C14H17N3O2. The van der Waals surface area contributed by atoms with Crippen LogP contribution < -0.4 is 5.32 Å². The zero-order chi connectivity index (χ0) is 13.7. The van der Waals surface area contributed by atoms with Crippen LogP contribution in [0.2, 0.25) is 0 Å². The Labute approximate surface area is 112 Å². The molecule has 0 fully saturated rings. The van der Waals surface area contributed by atoms with Crippen LogP contribution in [0.5, 0.6) is 0 Å². The van der Waals surface area contributed by atoms with Gasteiger partial charge in [-0.15, -0.1) is 0 Å². The van der Waals surface area contributed by atoms with Crippen molar-refractivity contribution in [3.63, 3.8) is 0 Å². The average Bonchev–Trinajstić information content (AvgIpc) is 2.87. The van der Waals surface area contributed by atoms with Gasteiger partial charge in [0.15, 0.2) is 0 Å². The number of hydrogen-bond donors (Lipinski definition) is 1. The van der Waals surface area contributed by atoms with Gasteiger partial charge in [0.05, 0.1) is 0 Å². The van der Waals surface area contributed by atoms with E-state index in [0.717, 1.165) is 11.1 Å². The van der Waals surface area contributed by atoms with Crippen LogP contribution in [0.3, 0.4) is 0 Å². The molecule has 1 amide bonds. The van der Waals surface area contributed by atoms with Crippen molar-refractivity contribution in [2.75, 3.05) is 7.05 Å². The van der Waals surface area contributed by atoms with Gasteiger partial charge in [0.1, 0.15) is 0 Å². The second-order valence-electron chi connectivity index (χ2n) is 4.41. The van der Waals surface area contributed by atoms with Crippen molar-refractivity contribution in [3.8, 4) is 11.4 Å². The van der Waals surface area contributed by atoms with Crippen LogP contribution in [0.1, 0.15) is 24.3 Å². The minimum absolute atomic E-state index is 0.0263. The van der Waals surface area contributed by atoms with Crippen molar-refractivity contribution in [3.05, 3.63) is 35.7 Å². The predicted octanol–water partition coefficient (Wildman–Crippen LogP) is 2.11. The van der Waals surface area contributed by atoms with Crippen LogP contribution in [0.15, 0.2) is 28.8 Å². The Balaban J connectivity index is 1.97. The lowest BCUT2D eigenvalue weighted by molar-refractivity contribution is -0.120. The van der Waals surface area contributed by atoms with Crippen LogP contribution in [-0.4, -0.2) is 23.1 Å². The lowest BCUT2D eigenvalue weighted by Gasteiger charge is -1.96. The first-order valence-electron chi connectivity index (χ1n) is 6.29. The van der Waals surface area contributed by atoms with Gasteiger partial charge >= 0.3 is 0 Å². The molecule has 100 valence electrons. The monoisotopic (exact) mass is 259 g/mol. The number of amides is 1. The number of aromatic nitrogens is 2. The van der Waals surface area contributed by atoms with E-state index in [1.165, 1.54) is 0 Å². The molecule has 19 heavy (non-hydrogen) atoms. The molecule has 0 aliphatic heterocycles. The van der Waals surface area contributed by atoms with Crippen molar-refractivity contribution < 1.29 is 9.32 Å². The summed E-state index contributed by atoms with van der Waals surface area (Å²) < 4.78 is 5.18. The smallest absolute Gasteiger partial charge is 0.226 e. The highest BCUT2D eigenvalue weighted by Gasteiger charge is 2.09. The summed E-state index contributed by atoms with van der Waals surface area (Å²) >= 11 is 0. The second kappa shape index (κ2) is 6.13. The highest BCUT2D eigenvalue weighted by Crippen LogP contribution is 2.17. The van der Waals surface area contributed by atoms with Crippen molar-refractivity contribution in [2.24, 2.45) is 0 Å². The molecule has 1 N–H and O–H groups in total. The molecule has 5 heteroatoms. The third-order valence-corrected chi connectivity index (χ3v) is 2.82. The van der Waals surface area contributed by atoms with Gasteiger partial charge in [-0.25, -0.2) is 0 Å². The first-order chi connectivity index (χ1) is 9.19. The fourth-order valence-electron chi connectivity index (χ4n) is 1.78. The van der Waals surface area contributed by atoms with E-state index in [9.17, 15) is 4.79 Å². The third kappa shape index (κ3) is 3.64. The van der Waals surface area contributed by atoms with E-state index in [4.69, 9.17) is 4.52 Å². The summed E-state index contributed by atoms with van der Waals surface area (Å²) in [7, 11) is 1.63. The summed E-state index contributed by atoms with van der Waals surface area (Å²) in [5.74, 6) is 1.19. The van der Waals surface area contributed by atoms with E-state index in [0.29, 0.717) is 31.0 Å². The van der Waals surface area contributed by atoms with Crippen LogP contribution in [0, 0.1) is 6.92 Å². The number of nitrogens with zero attached hydrogens (tertiary/aromatic N) is 2. The van der Waals surface area contributed by atoms with Gasteiger partial charge in [-0.1, -0.05) is 28.9 Å². The van der Waals surface area contributed by atoms with Gasteiger partial charge in [0, 0.05) is 25.5 Å². The predicted molar refractivity (Wildman–Crippen MR) is 71.5 cm³/mol. The van der Waals surface area contributed by atoms with E-state index in [2.05, 4.69) is 15.5 Å². The van der Waals surface area contributed by atoms with Gasteiger partial charge in [-0.05, 0) is 19.4 Å². The average molecular weight is 259 g/mol. The molecule has 2 rings (SSSR count). The van der Waals surface area contributed by atoms with Crippen LogP contribution in [-0.2, 0) is 11.2 Å². The number of rotatable bonds is 5. The number of carbonyl (C=O) groups is 1. The topological polar surface area (TPSA) is 68.0 Å². The molecule has 5 nitrogen and oxygen atoms in total. The van der Waals surface area contributed by atoms with E-state index < -0.39 is 0 Å². The number of hydrogen-bond acceptors (Lipinski definition) is 4. The lowest BCUT2D eigenvalue weighted by atomic mass is 10.1. The maximum atomic E-state index is 11.1. The molecule has 0 spiro atoms. The molecule has 0 radical (unpaired) electrons. The molecule has 0 aliphatic carbocycles. The minimum Gasteiger partial charge on any atom is -0.359 e. The maximum absolute atomic E-state index is 11.1. The molecule has 0 unspecified atom stereocenters. The van der Waals surface area contributed by atoms with Crippen molar-refractivity contribution in [1.82, 2.24) is 15.5 Å². The Bertz CT molecular complexity index is 563. The fraction of sp³-hybridized carbons (Fsp3) is 0.357. The molecule has 1 aromatic heterocycles. The summed E-state index contributed by atoms with van der Waals surface area (Å²) in [6.45, 7) is 2.02. The van der Waals surface area contributed by atoms with Crippen molar-refractivity contribution >= 4 is 5.91 Å². The minimum atomic E-state index is 0.0263. The molecule has 0 saturated heterocycles. The van der Waals surface area contributed by atoms with Gasteiger partial charge in [-0.3, -0.25) is 4.79 Å². The van der Waals surface area contributed by atoms with Crippen LogP contribution >= 0.6 is 0 Å². The molecule has 1 heterocycles. The van der Waals surface area contributed by atoms with Gasteiger partial charge in [-0.2, -0.15) is 4.98 Å². The summed E-state index contributed by atoms with van der Waals surface area (Å²) in [4.78, 5) is 15.4. The van der Waals surface area contributed by atoms with Crippen molar-refractivity contribution in [1.29, 1.82) is 0 Å². The van der Waals surface area contributed by atoms with Gasteiger partial charge < -0.3 is 9.84 Å². The van der Waals surface area contributed by atoms with E-state index in [-0.39, 0.29) is 5.91 Å². The summed E-state index contributed by atoms with van der Waals surface area (Å²) in [6.07, 6.45) is 1.79. The molecule has 1 aromatic carbocycles. The largest absolute Gasteiger partial charge is 0.359 e. The molecule has 2 aromatic rings. The quantitative estimate of drug-likeness (QED) is 0.893. The van der Waals surface area contributed by atoms with E-state index in [1.807, 2.05) is 31.2 Å². The third-order valence-electron chi connectivity index (χ3n) is 2.82. The second-order valence-corrected chi connectivity index (χ2v) is 4.41. The summed E-state index contributed by atoms with van der Waals surface area (Å²) in [6, 6.07) is 7.95. The Morgan fingerprint density at radius 1 is 1.42 bits per heavy atom. The van der Waals surface area contributed by atoms with E-state index in [1.54, 1.807) is 7.05 Å². The molecule has 0 saturated carbocycles. The van der Waals surface area contributed by atoms with Crippen LogP contribution in [0.4, 0.5) is 0 Å². The zero-order valence-corrected chi connectivity index (χ0v) is 11.1. The number of carbonyl (C=O) groups excluding carboxylic acids is 1. The normalized spacial score (nSPS) is 10.4. The summed E-state index contributed by atoms with van der Waals surface area (Å²) in [5.41, 5.74) is 2.10. The highest BCUT2D eigenvalue weighted by atomic mass is 16.5. The highest BCUT2D eigenvalue weighted by molar-refractivity contribution is 5.75. The Morgan fingerprint density at radius 3 is 3.00 bits per heavy atom.